The van der Waals surface area contributed by atoms with Gasteiger partial charge >= 0.3 is 0 Å². The van der Waals surface area contributed by atoms with Gasteiger partial charge in [-0.3, -0.25) is 4.79 Å². The second-order valence-corrected chi connectivity index (χ2v) is 8.10. The highest BCUT2D eigenvalue weighted by Gasteiger charge is 2.32. The van der Waals surface area contributed by atoms with E-state index in [9.17, 15) is 17.6 Å². The van der Waals surface area contributed by atoms with Crippen LogP contribution in [0.3, 0.4) is 0 Å². The summed E-state index contributed by atoms with van der Waals surface area (Å²) in [6, 6.07) is 3.46. The Labute approximate surface area is 141 Å². The molecule has 6 nitrogen and oxygen atoms in total. The summed E-state index contributed by atoms with van der Waals surface area (Å²) in [5.41, 5.74) is 0.146. The van der Waals surface area contributed by atoms with Crippen molar-refractivity contribution in [3.8, 4) is 0 Å². The second kappa shape index (κ2) is 7.16. The molecule has 1 aromatic rings. The largest absolute Gasteiger partial charge is 0.381 e. The van der Waals surface area contributed by atoms with Gasteiger partial charge in [0.2, 0.25) is 10.0 Å². The molecular weight excluding hydrogens is 335 g/mol. The monoisotopic (exact) mass is 356 g/mol. The number of nitrogens with zero attached hydrogens (tertiary/aromatic N) is 1. The molecule has 3 rings (SSSR count). The standard InChI is InChI=1S/C16H21FN2O4S/c17-14-5-4-13(9-15(14)24(21,22)19-6-2-7-19)16(20)18-10-12-3-1-8-23-11-12/h4-5,9,12H,1-3,6-8,10-11H2,(H,18,20)/t12-/m0/s1. The van der Waals surface area contributed by atoms with E-state index in [4.69, 9.17) is 4.74 Å². The molecule has 0 spiro atoms. The zero-order valence-electron chi connectivity index (χ0n) is 13.3. The average molecular weight is 356 g/mol. The van der Waals surface area contributed by atoms with Gasteiger partial charge in [-0.05, 0) is 43.4 Å². The lowest BCUT2D eigenvalue weighted by molar-refractivity contribution is 0.0536. The van der Waals surface area contributed by atoms with Gasteiger partial charge in [0, 0.05) is 31.8 Å². The van der Waals surface area contributed by atoms with E-state index < -0.39 is 26.6 Å². The summed E-state index contributed by atoms with van der Waals surface area (Å²) in [7, 11) is -3.87. The number of benzene rings is 1. The van der Waals surface area contributed by atoms with Gasteiger partial charge < -0.3 is 10.1 Å². The van der Waals surface area contributed by atoms with E-state index in [0.29, 0.717) is 26.2 Å². The molecule has 1 atom stereocenters. The zero-order valence-corrected chi connectivity index (χ0v) is 14.1. The Morgan fingerprint density at radius 3 is 2.75 bits per heavy atom. The van der Waals surface area contributed by atoms with Crippen LogP contribution < -0.4 is 5.32 Å². The van der Waals surface area contributed by atoms with E-state index in [1.807, 2.05) is 0 Å². The first-order valence-corrected chi connectivity index (χ1v) is 9.58. The molecule has 1 N–H and O–H groups in total. The number of sulfonamides is 1. The van der Waals surface area contributed by atoms with E-state index in [0.717, 1.165) is 38.0 Å². The Bertz CT molecular complexity index is 713. The summed E-state index contributed by atoms with van der Waals surface area (Å²) >= 11 is 0. The SMILES string of the molecule is O=C(NC[C@@H]1CCCOC1)c1ccc(F)c(S(=O)(=O)N2CCC2)c1. The molecule has 132 valence electrons. The number of hydrogen-bond donors (Lipinski definition) is 1. The number of carbonyl (C=O) groups is 1. The van der Waals surface area contributed by atoms with Gasteiger partial charge in [-0.25, -0.2) is 12.8 Å². The van der Waals surface area contributed by atoms with Crippen LogP contribution in [0.2, 0.25) is 0 Å². The van der Waals surface area contributed by atoms with Crippen LogP contribution in [0.4, 0.5) is 4.39 Å². The van der Waals surface area contributed by atoms with Crippen molar-refractivity contribution in [1.29, 1.82) is 0 Å². The number of halogens is 1. The number of carbonyl (C=O) groups excluding carboxylic acids is 1. The van der Waals surface area contributed by atoms with Gasteiger partial charge in [-0.1, -0.05) is 0 Å². The minimum Gasteiger partial charge on any atom is -0.381 e. The lowest BCUT2D eigenvalue weighted by atomic mass is 10.0. The Kier molecular flexibility index (Phi) is 5.17. The lowest BCUT2D eigenvalue weighted by Gasteiger charge is -2.29. The van der Waals surface area contributed by atoms with Gasteiger partial charge in [0.1, 0.15) is 10.7 Å². The highest BCUT2D eigenvalue weighted by atomic mass is 32.2. The second-order valence-electron chi connectivity index (χ2n) is 6.20. The van der Waals surface area contributed by atoms with Crippen LogP contribution >= 0.6 is 0 Å². The summed E-state index contributed by atoms with van der Waals surface area (Å²) < 4.78 is 45.3. The van der Waals surface area contributed by atoms with E-state index in [1.54, 1.807) is 0 Å². The molecule has 0 unspecified atom stereocenters. The minimum absolute atomic E-state index is 0.146. The summed E-state index contributed by atoms with van der Waals surface area (Å²) in [5.74, 6) is -0.979. The molecule has 2 heterocycles. The molecule has 1 aromatic carbocycles. The molecule has 24 heavy (non-hydrogen) atoms. The molecule has 8 heteroatoms. The van der Waals surface area contributed by atoms with Crippen LogP contribution in [0.15, 0.2) is 23.1 Å². The highest BCUT2D eigenvalue weighted by Crippen LogP contribution is 2.24. The van der Waals surface area contributed by atoms with Crippen molar-refractivity contribution >= 4 is 15.9 Å². The summed E-state index contributed by atoms with van der Waals surface area (Å²) in [6.07, 6.45) is 2.72. The van der Waals surface area contributed by atoms with Crippen LogP contribution in [0.5, 0.6) is 0 Å². The first-order chi connectivity index (χ1) is 11.5. The maximum absolute atomic E-state index is 14.0. The number of amides is 1. The number of hydrogen-bond acceptors (Lipinski definition) is 4. The van der Waals surface area contributed by atoms with Crippen molar-refractivity contribution in [2.24, 2.45) is 5.92 Å². The highest BCUT2D eigenvalue weighted by molar-refractivity contribution is 7.89. The predicted octanol–water partition coefficient (Wildman–Crippen LogP) is 1.38. The van der Waals surface area contributed by atoms with E-state index in [-0.39, 0.29) is 11.5 Å². The van der Waals surface area contributed by atoms with Crippen molar-refractivity contribution < 1.29 is 22.3 Å². The summed E-state index contributed by atoms with van der Waals surface area (Å²) in [6.45, 7) is 2.60. The van der Waals surface area contributed by atoms with Crippen LogP contribution in [0, 0.1) is 11.7 Å². The molecule has 0 aliphatic carbocycles. The Morgan fingerprint density at radius 2 is 2.12 bits per heavy atom. The molecular formula is C16H21FN2O4S. The topological polar surface area (TPSA) is 75.7 Å². The third-order valence-corrected chi connectivity index (χ3v) is 6.35. The molecule has 2 aliphatic heterocycles. The van der Waals surface area contributed by atoms with Crippen LogP contribution in [0.1, 0.15) is 29.6 Å². The fraction of sp³-hybridized carbons (Fsp3) is 0.562. The smallest absolute Gasteiger partial charge is 0.251 e. The molecule has 0 aromatic heterocycles. The Hall–Kier alpha value is -1.51. The van der Waals surface area contributed by atoms with Gasteiger partial charge in [0.05, 0.1) is 6.61 Å². The maximum Gasteiger partial charge on any atom is 0.251 e. The summed E-state index contributed by atoms with van der Waals surface area (Å²) in [4.78, 5) is 11.8. The first kappa shape index (κ1) is 17.3. The van der Waals surface area contributed by atoms with E-state index >= 15 is 0 Å². The average Bonchev–Trinajstić information content (AvgIpc) is 2.51. The van der Waals surface area contributed by atoms with Crippen LogP contribution in [-0.4, -0.2) is 51.5 Å². The first-order valence-electron chi connectivity index (χ1n) is 8.14. The molecule has 2 saturated heterocycles. The van der Waals surface area contributed by atoms with Gasteiger partial charge in [-0.15, -0.1) is 0 Å². The van der Waals surface area contributed by atoms with E-state index in [1.165, 1.54) is 10.4 Å². The third kappa shape index (κ3) is 3.60. The molecule has 2 aliphatic rings. The number of rotatable bonds is 5. The molecule has 2 fully saturated rings. The molecule has 0 bridgehead atoms. The Morgan fingerprint density at radius 1 is 1.33 bits per heavy atom. The third-order valence-electron chi connectivity index (χ3n) is 4.43. The van der Waals surface area contributed by atoms with Crippen molar-refractivity contribution in [2.45, 2.75) is 24.2 Å². The van der Waals surface area contributed by atoms with Crippen LogP contribution in [-0.2, 0) is 14.8 Å². The summed E-state index contributed by atoms with van der Waals surface area (Å²) in [5, 5.41) is 2.77. The van der Waals surface area contributed by atoms with Crippen molar-refractivity contribution in [1.82, 2.24) is 9.62 Å². The minimum atomic E-state index is -3.87. The fourth-order valence-electron chi connectivity index (χ4n) is 2.82. The number of ether oxygens (including phenoxy) is 1. The molecule has 0 radical (unpaired) electrons. The van der Waals surface area contributed by atoms with Crippen LogP contribution in [0.25, 0.3) is 0 Å². The molecule has 1 amide bonds. The lowest BCUT2D eigenvalue weighted by Crippen LogP contribution is -2.42. The van der Waals surface area contributed by atoms with Crippen molar-refractivity contribution in [3.05, 3.63) is 29.6 Å². The van der Waals surface area contributed by atoms with Gasteiger partial charge in [-0.2, -0.15) is 4.31 Å². The normalized spacial score (nSPS) is 22.0. The van der Waals surface area contributed by atoms with Gasteiger partial charge in [0.15, 0.2) is 0 Å². The quantitative estimate of drug-likeness (QED) is 0.865. The number of nitrogens with one attached hydrogen (secondary N) is 1. The maximum atomic E-state index is 14.0. The van der Waals surface area contributed by atoms with Crippen molar-refractivity contribution in [3.63, 3.8) is 0 Å². The van der Waals surface area contributed by atoms with E-state index in [2.05, 4.69) is 5.32 Å². The zero-order chi connectivity index (χ0) is 17.2. The Balaban J connectivity index is 1.71. The predicted molar refractivity (Wildman–Crippen MR) is 85.7 cm³/mol. The molecule has 0 saturated carbocycles. The van der Waals surface area contributed by atoms with Gasteiger partial charge in [0.25, 0.3) is 5.91 Å². The fourth-order valence-corrected chi connectivity index (χ4v) is 4.42. The van der Waals surface area contributed by atoms with Crippen molar-refractivity contribution in [2.75, 3.05) is 32.8 Å².